The molecule has 0 amide bonds. The van der Waals surface area contributed by atoms with Crippen molar-refractivity contribution >= 4 is 11.3 Å². The second kappa shape index (κ2) is 5.32. The van der Waals surface area contributed by atoms with E-state index in [0.717, 1.165) is 13.0 Å². The van der Waals surface area contributed by atoms with Crippen molar-refractivity contribution in [3.05, 3.63) is 46.4 Å². The first-order valence-corrected chi connectivity index (χ1v) is 6.53. The number of hydrogen-bond acceptors (Lipinski definition) is 2. The molecule has 2 aromatic heterocycles. The number of hydrogen-bond donors (Lipinski definition) is 1. The maximum Gasteiger partial charge on any atom is 0.0304 e. The van der Waals surface area contributed by atoms with Gasteiger partial charge in [-0.1, -0.05) is 6.07 Å². The van der Waals surface area contributed by atoms with E-state index in [4.69, 9.17) is 0 Å². The van der Waals surface area contributed by atoms with Crippen molar-refractivity contribution in [3.8, 4) is 0 Å². The third-order valence-corrected chi connectivity index (χ3v) is 3.84. The van der Waals surface area contributed by atoms with Gasteiger partial charge in [0.2, 0.25) is 0 Å². The molecular weight excluding hydrogens is 216 g/mol. The van der Waals surface area contributed by atoms with Crippen LogP contribution in [-0.4, -0.2) is 11.6 Å². The van der Waals surface area contributed by atoms with Gasteiger partial charge in [0.05, 0.1) is 0 Å². The molecule has 3 heteroatoms. The molecule has 2 heterocycles. The first-order chi connectivity index (χ1) is 7.79. The summed E-state index contributed by atoms with van der Waals surface area (Å²) in [7, 11) is 1.99. The van der Waals surface area contributed by atoms with E-state index in [1.807, 2.05) is 18.4 Å². The molecule has 0 radical (unpaired) electrons. The average Bonchev–Trinajstić information content (AvgIpc) is 2.96. The molecule has 1 atom stereocenters. The normalized spacial score (nSPS) is 12.9. The van der Waals surface area contributed by atoms with Gasteiger partial charge in [0.1, 0.15) is 0 Å². The summed E-state index contributed by atoms with van der Waals surface area (Å²) in [5.41, 5.74) is 1.36. The highest BCUT2D eigenvalue weighted by atomic mass is 32.1. The zero-order valence-electron chi connectivity index (χ0n) is 9.81. The fraction of sp³-hybridized carbons (Fsp3) is 0.385. The lowest BCUT2D eigenvalue weighted by atomic mass is 10.2. The SMILES string of the molecule is CNC(C)c1ccn(CCc2cccs2)c1. The third kappa shape index (κ3) is 2.74. The molecule has 0 aliphatic carbocycles. The van der Waals surface area contributed by atoms with Gasteiger partial charge in [-0.3, -0.25) is 0 Å². The standard InChI is InChI=1S/C13H18N2S/c1-11(14-2)12-5-7-15(10-12)8-6-13-4-3-9-16-13/h3-5,7,9-11,14H,6,8H2,1-2H3. The Bertz CT molecular complexity index is 417. The number of nitrogens with one attached hydrogen (secondary N) is 1. The lowest BCUT2D eigenvalue weighted by Gasteiger charge is -2.07. The molecule has 2 rings (SSSR count). The van der Waals surface area contributed by atoms with Gasteiger partial charge in [0, 0.05) is 29.9 Å². The summed E-state index contributed by atoms with van der Waals surface area (Å²) in [6.07, 6.45) is 5.52. The summed E-state index contributed by atoms with van der Waals surface area (Å²) in [6.45, 7) is 3.25. The quantitative estimate of drug-likeness (QED) is 0.841. The van der Waals surface area contributed by atoms with E-state index in [1.54, 1.807) is 0 Å². The Hall–Kier alpha value is -1.06. The summed E-state index contributed by atoms with van der Waals surface area (Å²) in [6, 6.07) is 6.94. The zero-order chi connectivity index (χ0) is 11.4. The van der Waals surface area contributed by atoms with E-state index in [0.29, 0.717) is 6.04 Å². The van der Waals surface area contributed by atoms with E-state index in [9.17, 15) is 0 Å². The minimum atomic E-state index is 0.433. The molecular formula is C13H18N2S. The maximum atomic E-state index is 3.25. The van der Waals surface area contributed by atoms with Gasteiger partial charge in [-0.05, 0) is 43.5 Å². The first kappa shape index (κ1) is 11.4. The molecule has 0 saturated carbocycles. The largest absolute Gasteiger partial charge is 0.354 e. The monoisotopic (exact) mass is 234 g/mol. The van der Waals surface area contributed by atoms with Crippen LogP contribution in [0.1, 0.15) is 23.4 Å². The molecule has 2 aromatic rings. The van der Waals surface area contributed by atoms with Crippen LogP contribution in [0.4, 0.5) is 0 Å². The van der Waals surface area contributed by atoms with Crippen LogP contribution in [0.5, 0.6) is 0 Å². The highest BCUT2D eigenvalue weighted by Gasteiger charge is 2.04. The Morgan fingerprint density at radius 1 is 1.44 bits per heavy atom. The van der Waals surface area contributed by atoms with Crippen molar-refractivity contribution in [2.45, 2.75) is 25.9 Å². The molecule has 86 valence electrons. The summed E-state index contributed by atoms with van der Waals surface area (Å²) >= 11 is 1.83. The highest BCUT2D eigenvalue weighted by Crippen LogP contribution is 2.14. The van der Waals surface area contributed by atoms with E-state index in [1.165, 1.54) is 10.4 Å². The van der Waals surface area contributed by atoms with Crippen LogP contribution in [-0.2, 0) is 13.0 Å². The third-order valence-electron chi connectivity index (χ3n) is 2.90. The second-order valence-electron chi connectivity index (χ2n) is 4.02. The number of nitrogens with zero attached hydrogens (tertiary/aromatic N) is 1. The Labute approximate surface area is 101 Å². The average molecular weight is 234 g/mol. The van der Waals surface area contributed by atoms with Gasteiger partial charge in [-0.2, -0.15) is 0 Å². The lowest BCUT2D eigenvalue weighted by molar-refractivity contribution is 0.643. The van der Waals surface area contributed by atoms with Gasteiger partial charge in [-0.15, -0.1) is 11.3 Å². The number of aryl methyl sites for hydroxylation is 2. The van der Waals surface area contributed by atoms with E-state index in [2.05, 4.69) is 52.8 Å². The Morgan fingerprint density at radius 3 is 3.00 bits per heavy atom. The Kier molecular flexibility index (Phi) is 3.80. The van der Waals surface area contributed by atoms with Crippen molar-refractivity contribution in [3.63, 3.8) is 0 Å². The minimum Gasteiger partial charge on any atom is -0.354 e. The van der Waals surface area contributed by atoms with Crippen LogP contribution in [0.3, 0.4) is 0 Å². The predicted molar refractivity (Wildman–Crippen MR) is 69.9 cm³/mol. The summed E-state index contributed by atoms with van der Waals surface area (Å²) in [5, 5.41) is 5.39. The van der Waals surface area contributed by atoms with Gasteiger partial charge in [-0.25, -0.2) is 0 Å². The summed E-state index contributed by atoms with van der Waals surface area (Å²) in [5.74, 6) is 0. The zero-order valence-corrected chi connectivity index (χ0v) is 10.6. The van der Waals surface area contributed by atoms with Crippen molar-refractivity contribution in [1.29, 1.82) is 0 Å². The van der Waals surface area contributed by atoms with Crippen LogP contribution in [0.25, 0.3) is 0 Å². The van der Waals surface area contributed by atoms with Crippen LogP contribution in [0, 0.1) is 0 Å². The molecule has 2 nitrogen and oxygen atoms in total. The van der Waals surface area contributed by atoms with E-state index < -0.39 is 0 Å². The van der Waals surface area contributed by atoms with Gasteiger partial charge >= 0.3 is 0 Å². The number of rotatable bonds is 5. The number of aromatic nitrogens is 1. The molecule has 0 aromatic carbocycles. The molecule has 0 spiro atoms. The Morgan fingerprint density at radius 2 is 2.31 bits per heavy atom. The van der Waals surface area contributed by atoms with Crippen molar-refractivity contribution < 1.29 is 0 Å². The predicted octanol–water partition coefficient (Wildman–Crippen LogP) is 3.07. The summed E-state index contributed by atoms with van der Waals surface area (Å²) in [4.78, 5) is 1.46. The Balaban J connectivity index is 1.93. The minimum absolute atomic E-state index is 0.433. The van der Waals surface area contributed by atoms with Gasteiger partial charge < -0.3 is 9.88 Å². The van der Waals surface area contributed by atoms with Gasteiger partial charge in [0.15, 0.2) is 0 Å². The molecule has 16 heavy (non-hydrogen) atoms. The van der Waals surface area contributed by atoms with Crippen LogP contribution >= 0.6 is 11.3 Å². The molecule has 0 fully saturated rings. The van der Waals surface area contributed by atoms with Crippen molar-refractivity contribution in [1.82, 2.24) is 9.88 Å². The van der Waals surface area contributed by atoms with Crippen molar-refractivity contribution in [2.24, 2.45) is 0 Å². The molecule has 0 bridgehead atoms. The highest BCUT2D eigenvalue weighted by molar-refractivity contribution is 7.09. The molecule has 1 N–H and O–H groups in total. The summed E-state index contributed by atoms with van der Waals surface area (Å²) < 4.78 is 2.27. The maximum absolute atomic E-state index is 3.25. The van der Waals surface area contributed by atoms with E-state index in [-0.39, 0.29) is 0 Å². The van der Waals surface area contributed by atoms with Crippen LogP contribution in [0.15, 0.2) is 36.0 Å². The van der Waals surface area contributed by atoms with Crippen LogP contribution < -0.4 is 5.32 Å². The molecule has 0 aliphatic heterocycles. The fourth-order valence-electron chi connectivity index (χ4n) is 1.72. The number of thiophene rings is 1. The molecule has 0 saturated heterocycles. The van der Waals surface area contributed by atoms with E-state index >= 15 is 0 Å². The lowest BCUT2D eigenvalue weighted by Crippen LogP contribution is -2.11. The topological polar surface area (TPSA) is 17.0 Å². The van der Waals surface area contributed by atoms with Crippen molar-refractivity contribution in [2.75, 3.05) is 7.05 Å². The second-order valence-corrected chi connectivity index (χ2v) is 5.05. The van der Waals surface area contributed by atoms with Gasteiger partial charge in [0.25, 0.3) is 0 Å². The molecule has 1 unspecified atom stereocenters. The molecule has 0 aliphatic rings. The smallest absolute Gasteiger partial charge is 0.0304 e. The van der Waals surface area contributed by atoms with Crippen LogP contribution in [0.2, 0.25) is 0 Å². The fourth-order valence-corrected chi connectivity index (χ4v) is 2.41. The first-order valence-electron chi connectivity index (χ1n) is 5.65.